The summed E-state index contributed by atoms with van der Waals surface area (Å²) < 4.78 is 66.1. The third kappa shape index (κ3) is 14.4. The summed E-state index contributed by atoms with van der Waals surface area (Å²) in [6, 6.07) is 58.2. The molecule has 6 aromatic rings. The number of nitrogens with zero attached hydrogens (tertiary/aromatic N) is 2. The first-order valence-electron chi connectivity index (χ1n) is 24.0. The van der Waals surface area contributed by atoms with Gasteiger partial charge in [-0.2, -0.15) is 36.8 Å². The Morgan fingerprint density at radius 1 is 0.569 bits per heavy atom. The quantitative estimate of drug-likeness (QED) is 0.0433. The van der Waals surface area contributed by atoms with E-state index in [1.54, 1.807) is 40.2 Å². The maximum Gasteiger partial charge on any atom is 2.00 e. The smallest absolute Gasteiger partial charge is 0.394 e. The second-order valence-corrected chi connectivity index (χ2v) is 26.8. The normalized spacial score (nSPS) is 14.8. The van der Waals surface area contributed by atoms with Gasteiger partial charge in [-0.1, -0.05) is 179 Å². The molecule has 1 N–H and O–H groups in total. The van der Waals surface area contributed by atoms with Gasteiger partial charge in [0, 0.05) is 0 Å². The van der Waals surface area contributed by atoms with Crippen LogP contribution in [0, 0.1) is 55.9 Å². The third-order valence-electron chi connectivity index (χ3n) is 11.4. The Morgan fingerprint density at radius 2 is 0.917 bits per heavy atom. The van der Waals surface area contributed by atoms with E-state index in [1.165, 1.54) is 11.8 Å². The van der Waals surface area contributed by atoms with E-state index >= 15 is 9.13 Å². The molecule has 0 bridgehead atoms. The number of hydrogen-bond donors (Lipinski definition) is 1. The van der Waals surface area contributed by atoms with Crippen molar-refractivity contribution in [2.75, 3.05) is 26.4 Å². The van der Waals surface area contributed by atoms with Gasteiger partial charge < -0.3 is 5.11 Å². The van der Waals surface area contributed by atoms with E-state index in [0.717, 1.165) is 0 Å². The Morgan fingerprint density at radius 3 is 1.25 bits per heavy atom. The van der Waals surface area contributed by atoms with E-state index in [9.17, 15) is 5.11 Å². The van der Waals surface area contributed by atoms with Crippen molar-refractivity contribution in [2.24, 2.45) is 14.9 Å². The summed E-state index contributed by atoms with van der Waals surface area (Å²) in [4.78, 5) is 0. The Hall–Kier alpha value is -3.73. The van der Waals surface area contributed by atoms with Gasteiger partial charge in [-0.25, -0.2) is 24.2 Å². The molecule has 378 valence electrons. The Bertz CT molecular complexity index is 2500. The Kier molecular flexibility index (Phi) is 23.2. The van der Waals surface area contributed by atoms with Gasteiger partial charge in [0.1, 0.15) is 0 Å². The maximum absolute atomic E-state index is 15.4. The first-order valence-corrected chi connectivity index (χ1v) is 30.5. The van der Waals surface area contributed by atoms with Gasteiger partial charge in [0.15, 0.2) is 0 Å². The van der Waals surface area contributed by atoms with Gasteiger partial charge in [0.2, 0.25) is 0 Å². The molecule has 6 radical (unpaired) electrons. The van der Waals surface area contributed by atoms with Crippen molar-refractivity contribution >= 4 is 50.8 Å². The number of benzene rings is 6. The zero-order chi connectivity index (χ0) is 50.8. The van der Waals surface area contributed by atoms with Gasteiger partial charge in [-0.05, 0) is 105 Å². The van der Waals surface area contributed by atoms with E-state index < -0.39 is 35.2 Å². The van der Waals surface area contributed by atoms with Gasteiger partial charge in [-0.15, -0.1) is 10.4 Å². The fraction of sp³-hybridized carbons (Fsp3) is 0.224. The van der Waals surface area contributed by atoms with Gasteiger partial charge in [-0.3, -0.25) is 18.1 Å². The molecule has 1 unspecified atom stereocenters. The molecule has 1 aliphatic rings. The van der Waals surface area contributed by atoms with Crippen LogP contribution in [0.5, 0.6) is 0 Å². The fourth-order valence-electron chi connectivity index (χ4n) is 8.12. The summed E-state index contributed by atoms with van der Waals surface area (Å²) in [5.41, 5.74) is -0.553. The minimum absolute atomic E-state index is 0. The van der Waals surface area contributed by atoms with Gasteiger partial charge >= 0.3 is 35.0 Å². The topological polar surface area (TPSA) is 116 Å². The second-order valence-electron chi connectivity index (χ2n) is 16.6. The average Bonchev–Trinajstić information content (AvgIpc) is 3.40. The third-order valence-corrected chi connectivity index (χ3v) is 25.2. The van der Waals surface area contributed by atoms with E-state index in [0.29, 0.717) is 43.3 Å². The molecule has 0 spiro atoms. The van der Waals surface area contributed by atoms with Crippen molar-refractivity contribution < 1.29 is 51.8 Å². The Labute approximate surface area is 443 Å². The van der Waals surface area contributed by atoms with Crippen LogP contribution in [-0.2, 0) is 52.3 Å². The van der Waals surface area contributed by atoms with Gasteiger partial charge in [0.05, 0.1) is 32.0 Å². The summed E-state index contributed by atoms with van der Waals surface area (Å²) in [6.07, 6.45) is 12.3. The molecule has 1 saturated carbocycles. The molecule has 0 amide bonds. The van der Waals surface area contributed by atoms with Gasteiger partial charge in [0.25, 0.3) is 0 Å². The molecule has 1 fully saturated rings. The number of rotatable bonds is 21. The van der Waals surface area contributed by atoms with Crippen molar-refractivity contribution in [1.82, 2.24) is 0 Å². The predicted octanol–water partition coefficient (Wildman–Crippen LogP) is 14.5. The first kappa shape index (κ1) is 59.2. The van der Waals surface area contributed by atoms with Crippen LogP contribution in [0.25, 0.3) is 0 Å². The van der Waals surface area contributed by atoms with E-state index in [2.05, 4.69) is 52.5 Å². The van der Waals surface area contributed by atoms with Crippen LogP contribution in [0.4, 0.5) is 0 Å². The van der Waals surface area contributed by atoms with Crippen LogP contribution >= 0.6 is 29.6 Å². The zero-order valence-electron chi connectivity index (χ0n) is 42.0. The molecule has 1 aliphatic carbocycles. The minimum Gasteiger partial charge on any atom is -0.394 e. The SMILES string of the molecule is CCOP(=O)(N=P(/C(=C/[CH-]C(O)(c1ccccc1)c1ccccc1)P(=NP(=O)(OCC)OCC)(c1ccccc1)c1ccccc1)(c1c[c-]ccc1)c1ccccc1)OCC.C[C]1[CH][CH][C](C(C)C)[CH][CH]1.[Ru+2]. The summed E-state index contributed by atoms with van der Waals surface area (Å²) >= 11 is 0. The van der Waals surface area contributed by atoms with Crippen LogP contribution in [0.15, 0.2) is 196 Å². The van der Waals surface area contributed by atoms with Crippen LogP contribution < -0.4 is 21.2 Å². The molecule has 1 atom stereocenters. The average molecular weight is 1130 g/mol. The zero-order valence-corrected chi connectivity index (χ0v) is 47.4. The van der Waals surface area contributed by atoms with E-state index in [4.69, 9.17) is 27.1 Å². The minimum atomic E-state index is -4.35. The molecule has 0 saturated heterocycles. The molecular formula is C58H66N2O7P4Ru. The molecule has 9 nitrogen and oxygen atoms in total. The van der Waals surface area contributed by atoms with Crippen molar-refractivity contribution in [3.05, 3.63) is 248 Å². The molecule has 0 aliphatic heterocycles. The summed E-state index contributed by atoms with van der Waals surface area (Å²) in [6.45, 7) is 13.7. The van der Waals surface area contributed by atoms with Crippen LogP contribution in [0.2, 0.25) is 0 Å². The molecular weight excluding hydrogens is 1060 g/mol. The molecule has 14 heteroatoms. The first-order chi connectivity index (χ1) is 34.3. The summed E-state index contributed by atoms with van der Waals surface area (Å²) in [7, 11) is -16.3. The van der Waals surface area contributed by atoms with Crippen molar-refractivity contribution in [2.45, 2.75) is 54.1 Å². The molecule has 0 aromatic heterocycles. The van der Waals surface area contributed by atoms with Crippen LogP contribution in [0.1, 0.15) is 59.6 Å². The second kappa shape index (κ2) is 28.2. The van der Waals surface area contributed by atoms with E-state index in [-0.39, 0.29) is 45.9 Å². The standard InChI is InChI=1S/C48H52N2O7P4.C10H14.Ru/c1-5-54-60(52,55-6-2)49-58(43-31-19-11-20-32-43,44-33-21-12-22-34-44)47(39-40-48(51,41-27-15-9-16-28-41)42-29-17-10-18-30-42)59(45-35-23-13-24-36-45,46-37-25-14-26-38-46)50-61(53,56-7-3)57-8-4;1-8(2)10-6-4-9(3)5-7-10;/h9-25,27-40,51H,5-8H2,1-4H3;4-8H,1-3H3;/q-2;;+2/b47-39+;;. The van der Waals surface area contributed by atoms with Crippen LogP contribution in [-0.4, -0.2) is 31.5 Å². The monoisotopic (exact) mass is 1130 g/mol. The summed E-state index contributed by atoms with van der Waals surface area (Å²) in [5.74, 6) is 3.41. The molecule has 6 aromatic carbocycles. The summed E-state index contributed by atoms with van der Waals surface area (Å²) in [5, 5.41) is 16.4. The fourth-order valence-corrected chi connectivity index (χ4v) is 23.8. The van der Waals surface area contributed by atoms with Crippen molar-refractivity contribution in [3.63, 3.8) is 0 Å². The Balaban J connectivity index is 0.000000780. The number of aliphatic hydroxyl groups is 1. The van der Waals surface area contributed by atoms with Crippen LogP contribution in [0.3, 0.4) is 0 Å². The molecule has 7 rings (SSSR count). The predicted molar refractivity (Wildman–Crippen MR) is 296 cm³/mol. The molecule has 72 heavy (non-hydrogen) atoms. The largest absolute Gasteiger partial charge is 2.00 e. The molecule has 0 heterocycles. The maximum atomic E-state index is 15.4. The van der Waals surface area contributed by atoms with E-state index in [1.807, 2.05) is 176 Å². The number of hydrogen-bond acceptors (Lipinski definition) is 7. The van der Waals surface area contributed by atoms with Crippen molar-refractivity contribution in [1.29, 1.82) is 0 Å². The van der Waals surface area contributed by atoms with Crippen molar-refractivity contribution in [3.8, 4) is 0 Å².